The van der Waals surface area contributed by atoms with Gasteiger partial charge in [-0.1, -0.05) is 29.8 Å². The number of halogens is 1. The van der Waals surface area contributed by atoms with Crippen molar-refractivity contribution in [2.75, 3.05) is 26.7 Å². The van der Waals surface area contributed by atoms with E-state index in [-0.39, 0.29) is 17.3 Å². The zero-order valence-corrected chi connectivity index (χ0v) is 16.3. The molecular formula is C19H25FN4O2S. The normalized spacial score (nSPS) is 12.0. The topological polar surface area (TPSA) is 82.6 Å². The van der Waals surface area contributed by atoms with Crippen LogP contribution in [-0.2, 0) is 16.4 Å². The molecule has 8 heteroatoms. The van der Waals surface area contributed by atoms with Crippen LogP contribution in [-0.4, -0.2) is 41.1 Å². The maximum Gasteiger partial charge on any atom is 0.240 e. The van der Waals surface area contributed by atoms with Crippen molar-refractivity contribution in [2.24, 2.45) is 4.99 Å². The third kappa shape index (κ3) is 6.99. The summed E-state index contributed by atoms with van der Waals surface area (Å²) in [5.74, 6) is 0.323. The van der Waals surface area contributed by atoms with E-state index >= 15 is 0 Å². The van der Waals surface area contributed by atoms with Gasteiger partial charge in [-0.3, -0.25) is 4.99 Å². The largest absolute Gasteiger partial charge is 0.356 e. The quantitative estimate of drug-likeness (QED) is 0.364. The van der Waals surface area contributed by atoms with Crippen LogP contribution < -0.4 is 15.4 Å². The van der Waals surface area contributed by atoms with Crippen molar-refractivity contribution in [3.63, 3.8) is 0 Å². The maximum absolute atomic E-state index is 12.9. The number of benzene rings is 2. The molecule has 0 aromatic heterocycles. The Hall–Kier alpha value is -2.45. The second-order valence-electron chi connectivity index (χ2n) is 6.01. The van der Waals surface area contributed by atoms with Gasteiger partial charge in [0.15, 0.2) is 5.96 Å². The fourth-order valence-corrected chi connectivity index (χ4v) is 3.40. The first-order chi connectivity index (χ1) is 12.9. The third-order valence-electron chi connectivity index (χ3n) is 3.88. The molecule has 0 saturated carbocycles. The van der Waals surface area contributed by atoms with E-state index in [4.69, 9.17) is 0 Å². The summed E-state index contributed by atoms with van der Waals surface area (Å²) in [7, 11) is -1.88. The summed E-state index contributed by atoms with van der Waals surface area (Å²) in [6.45, 7) is 3.15. The number of aliphatic imine (C=N–C) groups is 1. The van der Waals surface area contributed by atoms with Gasteiger partial charge in [-0.15, -0.1) is 0 Å². The van der Waals surface area contributed by atoms with Crippen molar-refractivity contribution in [1.82, 2.24) is 15.4 Å². The molecule has 0 aliphatic rings. The van der Waals surface area contributed by atoms with Crippen molar-refractivity contribution in [2.45, 2.75) is 18.2 Å². The highest BCUT2D eigenvalue weighted by atomic mass is 32.2. The molecule has 0 bridgehead atoms. The lowest BCUT2D eigenvalue weighted by Gasteiger charge is -2.12. The molecule has 0 saturated heterocycles. The van der Waals surface area contributed by atoms with E-state index < -0.39 is 10.0 Å². The van der Waals surface area contributed by atoms with Crippen LogP contribution in [0.5, 0.6) is 0 Å². The molecule has 0 atom stereocenters. The molecule has 0 aliphatic carbocycles. The molecule has 0 radical (unpaired) electrons. The molecule has 2 aromatic carbocycles. The molecule has 2 aromatic rings. The molecule has 3 N–H and O–H groups in total. The monoisotopic (exact) mass is 392 g/mol. The number of aryl methyl sites for hydroxylation is 1. The van der Waals surface area contributed by atoms with Gasteiger partial charge in [0.1, 0.15) is 5.82 Å². The van der Waals surface area contributed by atoms with Crippen LogP contribution in [0.3, 0.4) is 0 Å². The van der Waals surface area contributed by atoms with E-state index in [9.17, 15) is 12.8 Å². The molecule has 0 spiro atoms. The van der Waals surface area contributed by atoms with Crippen LogP contribution in [0, 0.1) is 12.7 Å². The smallest absolute Gasteiger partial charge is 0.240 e. The minimum absolute atomic E-state index is 0.231. The Labute approximate surface area is 160 Å². The van der Waals surface area contributed by atoms with Gasteiger partial charge in [-0.2, -0.15) is 0 Å². The van der Waals surface area contributed by atoms with Crippen LogP contribution in [0.25, 0.3) is 0 Å². The molecule has 0 fully saturated rings. The lowest BCUT2D eigenvalue weighted by molar-refractivity contribution is 0.580. The predicted octanol–water partition coefficient (Wildman–Crippen LogP) is 1.82. The van der Waals surface area contributed by atoms with Crippen LogP contribution in [0.1, 0.15) is 11.1 Å². The molecule has 2 rings (SSSR count). The number of guanidine groups is 1. The molecule has 146 valence electrons. The summed E-state index contributed by atoms with van der Waals surface area (Å²) >= 11 is 0. The van der Waals surface area contributed by atoms with Gasteiger partial charge >= 0.3 is 0 Å². The lowest BCUT2D eigenvalue weighted by atomic mass is 10.1. The summed E-state index contributed by atoms with van der Waals surface area (Å²) < 4.78 is 39.8. The number of hydrogen-bond donors (Lipinski definition) is 3. The first-order valence-electron chi connectivity index (χ1n) is 8.66. The van der Waals surface area contributed by atoms with E-state index in [1.54, 1.807) is 43.4 Å². The summed E-state index contributed by atoms with van der Waals surface area (Å²) in [5.41, 5.74) is 2.02. The average molecular weight is 393 g/mol. The molecule has 0 aliphatic heterocycles. The number of hydrogen-bond acceptors (Lipinski definition) is 3. The van der Waals surface area contributed by atoms with E-state index in [1.165, 1.54) is 12.1 Å². The number of nitrogens with zero attached hydrogens (tertiary/aromatic N) is 1. The first-order valence-corrected chi connectivity index (χ1v) is 10.1. The van der Waals surface area contributed by atoms with Gasteiger partial charge in [-0.05, 0) is 43.2 Å². The Kier molecular flexibility index (Phi) is 7.75. The minimum Gasteiger partial charge on any atom is -0.356 e. The van der Waals surface area contributed by atoms with Crippen LogP contribution in [0.2, 0.25) is 0 Å². The highest BCUT2D eigenvalue weighted by Crippen LogP contribution is 2.09. The fourth-order valence-electron chi connectivity index (χ4n) is 2.36. The van der Waals surface area contributed by atoms with Gasteiger partial charge in [0.05, 0.1) is 4.90 Å². The van der Waals surface area contributed by atoms with Crippen molar-refractivity contribution in [3.05, 3.63) is 65.5 Å². The van der Waals surface area contributed by atoms with Gasteiger partial charge in [0, 0.05) is 26.7 Å². The Bertz CT molecular complexity index is 850. The number of rotatable bonds is 8. The third-order valence-corrected chi connectivity index (χ3v) is 5.36. The summed E-state index contributed by atoms with van der Waals surface area (Å²) in [6, 6.07) is 13.0. The Morgan fingerprint density at radius 1 is 0.963 bits per heavy atom. The molecule has 0 heterocycles. The summed E-state index contributed by atoms with van der Waals surface area (Å²) in [4.78, 5) is 4.34. The van der Waals surface area contributed by atoms with E-state index in [1.807, 2.05) is 6.92 Å². The second kappa shape index (κ2) is 10.0. The van der Waals surface area contributed by atoms with Crippen molar-refractivity contribution in [3.8, 4) is 0 Å². The highest BCUT2D eigenvalue weighted by molar-refractivity contribution is 7.89. The second-order valence-corrected chi connectivity index (χ2v) is 7.78. The standard InChI is InChI=1S/C19H25FN4O2S/c1-15-3-9-18(10-4-15)27(25,26)24-14-13-23-19(21-2)22-12-11-16-5-7-17(20)8-6-16/h3-10,24H,11-14H2,1-2H3,(H2,21,22,23). The van der Waals surface area contributed by atoms with Crippen LogP contribution in [0.15, 0.2) is 58.4 Å². The van der Waals surface area contributed by atoms with Crippen LogP contribution >= 0.6 is 0 Å². The Morgan fingerprint density at radius 2 is 1.59 bits per heavy atom. The van der Waals surface area contributed by atoms with Gasteiger partial charge < -0.3 is 10.6 Å². The molecule has 0 amide bonds. The van der Waals surface area contributed by atoms with Crippen molar-refractivity contribution >= 4 is 16.0 Å². The zero-order chi connectivity index (χ0) is 19.7. The number of nitrogens with one attached hydrogen (secondary N) is 3. The zero-order valence-electron chi connectivity index (χ0n) is 15.5. The van der Waals surface area contributed by atoms with Gasteiger partial charge in [0.2, 0.25) is 10.0 Å². The average Bonchev–Trinajstić information content (AvgIpc) is 2.65. The minimum atomic E-state index is -3.52. The van der Waals surface area contributed by atoms with Crippen LogP contribution in [0.4, 0.5) is 4.39 Å². The first kappa shape index (κ1) is 20.9. The highest BCUT2D eigenvalue weighted by Gasteiger charge is 2.12. The van der Waals surface area contributed by atoms with Gasteiger partial charge in [0.25, 0.3) is 0 Å². The SMILES string of the molecule is CN=C(NCCNS(=O)(=O)c1ccc(C)cc1)NCCc1ccc(F)cc1. The van der Waals surface area contributed by atoms with E-state index in [0.29, 0.717) is 19.0 Å². The number of sulfonamides is 1. The fraction of sp³-hybridized carbons (Fsp3) is 0.316. The van der Waals surface area contributed by atoms with E-state index in [2.05, 4.69) is 20.3 Å². The summed E-state index contributed by atoms with van der Waals surface area (Å²) in [5, 5.41) is 6.19. The molecular weight excluding hydrogens is 367 g/mol. The molecule has 0 unspecified atom stereocenters. The molecule has 27 heavy (non-hydrogen) atoms. The maximum atomic E-state index is 12.9. The van der Waals surface area contributed by atoms with Gasteiger partial charge in [-0.25, -0.2) is 17.5 Å². The lowest BCUT2D eigenvalue weighted by Crippen LogP contribution is -2.42. The van der Waals surface area contributed by atoms with E-state index in [0.717, 1.165) is 17.5 Å². The molecule has 6 nitrogen and oxygen atoms in total. The van der Waals surface area contributed by atoms with Crippen molar-refractivity contribution in [1.29, 1.82) is 0 Å². The Balaban J connectivity index is 1.71. The summed E-state index contributed by atoms with van der Waals surface area (Å²) in [6.07, 6.45) is 0.723. The van der Waals surface area contributed by atoms with Crippen molar-refractivity contribution < 1.29 is 12.8 Å². The predicted molar refractivity (Wildman–Crippen MR) is 106 cm³/mol. The Morgan fingerprint density at radius 3 is 2.22 bits per heavy atom.